The van der Waals surface area contributed by atoms with Crippen LogP contribution in [0.4, 0.5) is 0 Å². The number of hydrogen-bond donors (Lipinski definition) is 1. The predicted molar refractivity (Wildman–Crippen MR) is 91.5 cm³/mol. The average molecular weight is 316 g/mol. The first-order valence-corrected chi connectivity index (χ1v) is 7.92. The lowest BCUT2D eigenvalue weighted by atomic mass is 10.1. The van der Waals surface area contributed by atoms with Crippen LogP contribution in [0.15, 0.2) is 33.5 Å². The van der Waals surface area contributed by atoms with Crippen molar-refractivity contribution >= 4 is 16.9 Å². The van der Waals surface area contributed by atoms with Crippen molar-refractivity contribution in [3.63, 3.8) is 0 Å². The van der Waals surface area contributed by atoms with Gasteiger partial charge in [0.05, 0.1) is 6.54 Å². The van der Waals surface area contributed by atoms with E-state index >= 15 is 0 Å². The van der Waals surface area contributed by atoms with Crippen LogP contribution in [0.3, 0.4) is 0 Å². The topological polar surface area (TPSA) is 62.6 Å². The molecule has 5 heteroatoms. The highest BCUT2D eigenvalue weighted by Gasteiger charge is 2.12. The fourth-order valence-electron chi connectivity index (χ4n) is 2.58. The van der Waals surface area contributed by atoms with Crippen molar-refractivity contribution in [2.45, 2.75) is 39.8 Å². The van der Waals surface area contributed by atoms with E-state index in [1.807, 2.05) is 44.0 Å². The average Bonchev–Trinajstić information content (AvgIpc) is 2.45. The van der Waals surface area contributed by atoms with Gasteiger partial charge in [0.25, 0.3) is 0 Å². The summed E-state index contributed by atoms with van der Waals surface area (Å²) in [5.74, 6) is -0.0250. The minimum atomic E-state index is -0.360. The number of likely N-dealkylation sites (N-methyl/N-ethyl adjacent to an activating group) is 1. The Kier molecular flexibility index (Phi) is 5.55. The number of nitrogens with one attached hydrogen (secondary N) is 1. The van der Waals surface area contributed by atoms with Gasteiger partial charge in [-0.2, -0.15) is 0 Å². The summed E-state index contributed by atoms with van der Waals surface area (Å²) < 4.78 is 5.31. The van der Waals surface area contributed by atoms with E-state index in [1.54, 1.807) is 0 Å². The van der Waals surface area contributed by atoms with Gasteiger partial charge in [-0.3, -0.25) is 9.69 Å². The Morgan fingerprint density at radius 2 is 2.04 bits per heavy atom. The van der Waals surface area contributed by atoms with Gasteiger partial charge in [-0.25, -0.2) is 4.79 Å². The van der Waals surface area contributed by atoms with Crippen molar-refractivity contribution in [2.75, 3.05) is 13.6 Å². The van der Waals surface area contributed by atoms with Crippen LogP contribution in [0.5, 0.6) is 0 Å². The van der Waals surface area contributed by atoms with Gasteiger partial charge in [-0.15, -0.1) is 0 Å². The molecule has 0 aliphatic carbocycles. The van der Waals surface area contributed by atoms with Crippen LogP contribution in [0.25, 0.3) is 11.0 Å². The number of benzene rings is 1. The lowest BCUT2D eigenvalue weighted by Gasteiger charge is -2.18. The Bertz CT molecular complexity index is 750. The maximum Gasteiger partial charge on any atom is 0.336 e. The standard InChI is InChI=1S/C18H24N2O3/c1-5-13-6-7-15-14(9-18(22)23-16(15)8-13)10-20(4)11-17(21)19-12(2)3/h6-9,12H,5,10-11H2,1-4H3,(H,19,21). The van der Waals surface area contributed by atoms with Crippen molar-refractivity contribution < 1.29 is 9.21 Å². The molecular formula is C18H24N2O3. The fourth-order valence-corrected chi connectivity index (χ4v) is 2.58. The maximum atomic E-state index is 11.8. The Labute approximate surface area is 136 Å². The Hall–Kier alpha value is -2.14. The van der Waals surface area contributed by atoms with Crippen LogP contribution in [0, 0.1) is 0 Å². The van der Waals surface area contributed by atoms with E-state index in [4.69, 9.17) is 4.42 Å². The second-order valence-electron chi connectivity index (χ2n) is 6.17. The second-order valence-corrected chi connectivity index (χ2v) is 6.17. The first-order valence-electron chi connectivity index (χ1n) is 7.92. The lowest BCUT2D eigenvalue weighted by molar-refractivity contribution is -0.122. The third-order valence-corrected chi connectivity index (χ3v) is 3.61. The quantitative estimate of drug-likeness (QED) is 0.831. The number of carbonyl (C=O) groups excluding carboxylic acids is 1. The summed E-state index contributed by atoms with van der Waals surface area (Å²) in [7, 11) is 1.86. The predicted octanol–water partition coefficient (Wildman–Crippen LogP) is 2.31. The normalized spacial score (nSPS) is 11.4. The molecule has 0 aliphatic heterocycles. The number of fused-ring (bicyclic) bond motifs is 1. The maximum absolute atomic E-state index is 11.8. The van der Waals surface area contributed by atoms with Crippen LogP contribution in [-0.2, 0) is 17.8 Å². The van der Waals surface area contributed by atoms with E-state index in [0.717, 1.165) is 22.9 Å². The minimum absolute atomic E-state index is 0.0250. The van der Waals surface area contributed by atoms with Gasteiger partial charge in [0.1, 0.15) is 5.58 Å². The van der Waals surface area contributed by atoms with E-state index < -0.39 is 0 Å². The smallest absolute Gasteiger partial charge is 0.336 e. The van der Waals surface area contributed by atoms with Gasteiger partial charge in [0, 0.05) is 24.0 Å². The van der Waals surface area contributed by atoms with Crippen LogP contribution in [0.2, 0.25) is 0 Å². The number of amides is 1. The molecule has 0 saturated carbocycles. The number of rotatable bonds is 6. The van der Waals surface area contributed by atoms with Gasteiger partial charge in [0.15, 0.2) is 0 Å². The van der Waals surface area contributed by atoms with E-state index in [-0.39, 0.29) is 24.1 Å². The van der Waals surface area contributed by atoms with Crippen LogP contribution >= 0.6 is 0 Å². The second kappa shape index (κ2) is 7.42. The van der Waals surface area contributed by atoms with Crippen molar-refractivity contribution in [3.05, 3.63) is 45.8 Å². The molecule has 2 aromatic rings. The number of carbonyl (C=O) groups is 1. The van der Waals surface area contributed by atoms with Crippen LogP contribution in [-0.4, -0.2) is 30.4 Å². The lowest BCUT2D eigenvalue weighted by Crippen LogP contribution is -2.38. The van der Waals surface area contributed by atoms with Gasteiger partial charge in [-0.1, -0.05) is 19.1 Å². The molecule has 0 saturated heterocycles. The number of hydrogen-bond acceptors (Lipinski definition) is 4. The fraction of sp³-hybridized carbons (Fsp3) is 0.444. The highest BCUT2D eigenvalue weighted by molar-refractivity contribution is 5.81. The molecular weight excluding hydrogens is 292 g/mol. The first kappa shape index (κ1) is 17.2. The Morgan fingerprint density at radius 3 is 2.70 bits per heavy atom. The molecule has 1 N–H and O–H groups in total. The zero-order chi connectivity index (χ0) is 17.0. The van der Waals surface area contributed by atoms with Crippen molar-refractivity contribution in [2.24, 2.45) is 0 Å². The van der Waals surface area contributed by atoms with E-state index in [1.165, 1.54) is 6.07 Å². The van der Waals surface area contributed by atoms with E-state index in [9.17, 15) is 9.59 Å². The van der Waals surface area contributed by atoms with Gasteiger partial charge in [-0.05, 0) is 44.5 Å². The molecule has 1 aromatic carbocycles. The highest BCUT2D eigenvalue weighted by Crippen LogP contribution is 2.20. The van der Waals surface area contributed by atoms with Crippen molar-refractivity contribution in [1.82, 2.24) is 10.2 Å². The van der Waals surface area contributed by atoms with E-state index in [2.05, 4.69) is 12.2 Å². The van der Waals surface area contributed by atoms with Crippen molar-refractivity contribution in [3.8, 4) is 0 Å². The summed E-state index contributed by atoms with van der Waals surface area (Å²) in [5.41, 5.74) is 2.24. The third-order valence-electron chi connectivity index (χ3n) is 3.61. The molecule has 1 heterocycles. The van der Waals surface area contributed by atoms with E-state index in [0.29, 0.717) is 12.1 Å². The summed E-state index contributed by atoms with van der Waals surface area (Å²) in [6.45, 7) is 6.72. The Balaban J connectivity index is 2.22. The molecule has 23 heavy (non-hydrogen) atoms. The molecule has 0 radical (unpaired) electrons. The zero-order valence-electron chi connectivity index (χ0n) is 14.2. The molecule has 0 atom stereocenters. The number of aryl methyl sites for hydroxylation is 1. The van der Waals surface area contributed by atoms with Crippen molar-refractivity contribution in [1.29, 1.82) is 0 Å². The van der Waals surface area contributed by atoms with Crippen LogP contribution < -0.4 is 10.9 Å². The summed E-state index contributed by atoms with van der Waals surface area (Å²) in [6.07, 6.45) is 0.888. The monoisotopic (exact) mass is 316 g/mol. The summed E-state index contributed by atoms with van der Waals surface area (Å²) in [4.78, 5) is 25.5. The molecule has 0 bridgehead atoms. The molecule has 5 nitrogen and oxygen atoms in total. The van der Waals surface area contributed by atoms with Gasteiger partial charge in [0.2, 0.25) is 5.91 Å². The molecule has 0 aliphatic rings. The summed E-state index contributed by atoms with van der Waals surface area (Å²) in [5, 5.41) is 3.78. The van der Waals surface area contributed by atoms with Gasteiger partial charge >= 0.3 is 5.63 Å². The minimum Gasteiger partial charge on any atom is -0.423 e. The number of nitrogens with zero attached hydrogens (tertiary/aromatic N) is 1. The molecule has 124 valence electrons. The zero-order valence-corrected chi connectivity index (χ0v) is 14.2. The summed E-state index contributed by atoms with van der Waals surface area (Å²) >= 11 is 0. The molecule has 2 rings (SSSR count). The summed E-state index contributed by atoms with van der Waals surface area (Å²) in [6, 6.07) is 7.55. The molecule has 0 spiro atoms. The first-order chi connectivity index (χ1) is 10.9. The largest absolute Gasteiger partial charge is 0.423 e. The SMILES string of the molecule is CCc1ccc2c(CN(C)CC(=O)NC(C)C)cc(=O)oc2c1. The highest BCUT2D eigenvalue weighted by atomic mass is 16.4. The van der Waals surface area contributed by atoms with Gasteiger partial charge < -0.3 is 9.73 Å². The molecule has 1 amide bonds. The Morgan fingerprint density at radius 1 is 1.30 bits per heavy atom. The van der Waals surface area contributed by atoms with Crippen LogP contribution in [0.1, 0.15) is 31.9 Å². The molecule has 0 unspecified atom stereocenters. The molecule has 1 aromatic heterocycles. The third kappa shape index (κ3) is 4.66. The molecule has 0 fully saturated rings.